The van der Waals surface area contributed by atoms with Crippen LogP contribution in [-0.4, -0.2) is 54.2 Å². The van der Waals surface area contributed by atoms with Crippen molar-refractivity contribution in [2.45, 2.75) is 6.04 Å². The molecule has 0 aliphatic carbocycles. The number of hydrogen-bond donors (Lipinski definition) is 2. The molecule has 3 aromatic carbocycles. The number of aliphatic hydroxyl groups excluding tert-OH is 1. The number of aromatic nitrogens is 2. The Kier molecular flexibility index (Phi) is 5.64. The molecule has 1 fully saturated rings. The van der Waals surface area contributed by atoms with Crippen molar-refractivity contribution in [3.63, 3.8) is 0 Å². The van der Waals surface area contributed by atoms with Gasteiger partial charge in [0.1, 0.15) is 30.5 Å². The molecule has 1 amide bonds. The summed E-state index contributed by atoms with van der Waals surface area (Å²) in [5, 5.41) is 11.4. The van der Waals surface area contributed by atoms with Gasteiger partial charge in [0.15, 0.2) is 11.5 Å². The van der Waals surface area contributed by atoms with Crippen LogP contribution in [-0.2, 0) is 9.59 Å². The van der Waals surface area contributed by atoms with Crippen molar-refractivity contribution < 1.29 is 33.6 Å². The van der Waals surface area contributed by atoms with Crippen molar-refractivity contribution in [2.24, 2.45) is 0 Å². The van der Waals surface area contributed by atoms with Gasteiger partial charge in [-0.15, -0.1) is 0 Å². The van der Waals surface area contributed by atoms with Crippen LogP contribution in [0.3, 0.4) is 0 Å². The molecule has 4 aromatic rings. The minimum atomic E-state index is -0.962. The highest BCUT2D eigenvalue weighted by Crippen LogP contribution is 2.43. The van der Waals surface area contributed by atoms with Crippen molar-refractivity contribution in [3.8, 4) is 23.0 Å². The third-order valence-corrected chi connectivity index (χ3v) is 6.60. The van der Waals surface area contributed by atoms with Crippen molar-refractivity contribution in [1.29, 1.82) is 0 Å². The molecule has 0 spiro atoms. The van der Waals surface area contributed by atoms with Gasteiger partial charge in [-0.1, -0.05) is 12.1 Å². The number of nitrogens with zero attached hydrogens (tertiary/aromatic N) is 2. The summed E-state index contributed by atoms with van der Waals surface area (Å²) in [5.74, 6) is 0.374. The maximum absolute atomic E-state index is 13.5. The molecule has 0 saturated carbocycles. The predicted molar refractivity (Wildman–Crippen MR) is 138 cm³/mol. The fourth-order valence-corrected chi connectivity index (χ4v) is 4.72. The third kappa shape index (κ3) is 3.78. The minimum Gasteiger partial charge on any atom is -0.507 e. The predicted octanol–water partition coefficient (Wildman–Crippen LogP) is 3.98. The van der Waals surface area contributed by atoms with Crippen LogP contribution < -0.4 is 23.8 Å². The molecular weight excluding hydrogens is 490 g/mol. The van der Waals surface area contributed by atoms with E-state index < -0.39 is 17.7 Å². The molecule has 3 heterocycles. The second-order valence-electron chi connectivity index (χ2n) is 8.74. The lowest BCUT2D eigenvalue weighted by Gasteiger charge is -2.23. The Labute approximate surface area is 217 Å². The van der Waals surface area contributed by atoms with Gasteiger partial charge in [0.2, 0.25) is 5.95 Å². The van der Waals surface area contributed by atoms with E-state index in [-0.39, 0.29) is 17.3 Å². The summed E-state index contributed by atoms with van der Waals surface area (Å²) in [7, 11) is 3.10. The number of benzene rings is 3. The highest BCUT2D eigenvalue weighted by atomic mass is 16.6. The Balaban J connectivity index is 1.52. The molecule has 192 valence electrons. The molecular formula is C28H23N3O7. The lowest BCUT2D eigenvalue weighted by atomic mass is 9.95. The Morgan fingerprint density at radius 3 is 2.39 bits per heavy atom. The van der Waals surface area contributed by atoms with Crippen molar-refractivity contribution in [2.75, 3.05) is 32.3 Å². The van der Waals surface area contributed by atoms with E-state index in [2.05, 4.69) is 9.97 Å². The maximum Gasteiger partial charge on any atom is 0.302 e. The fraction of sp³-hybridized carbons (Fsp3) is 0.179. The van der Waals surface area contributed by atoms with E-state index in [1.807, 2.05) is 0 Å². The van der Waals surface area contributed by atoms with E-state index in [0.717, 1.165) is 0 Å². The quantitative estimate of drug-likeness (QED) is 0.233. The van der Waals surface area contributed by atoms with Gasteiger partial charge in [0.05, 0.1) is 36.9 Å². The number of nitrogens with one attached hydrogen (secondary N) is 1. The number of Topliss-reactive ketones (excluding diaryl/α,β-unsaturated/α-hetero) is 1. The first kappa shape index (κ1) is 23.4. The van der Waals surface area contributed by atoms with E-state index in [0.29, 0.717) is 58.4 Å². The molecule has 1 atom stereocenters. The van der Waals surface area contributed by atoms with Gasteiger partial charge in [-0.25, -0.2) is 4.98 Å². The van der Waals surface area contributed by atoms with E-state index in [4.69, 9.17) is 18.9 Å². The molecule has 38 heavy (non-hydrogen) atoms. The number of rotatable bonds is 5. The molecule has 0 bridgehead atoms. The first-order chi connectivity index (χ1) is 18.5. The van der Waals surface area contributed by atoms with Crippen LogP contribution in [0.15, 0.2) is 66.2 Å². The fourth-order valence-electron chi connectivity index (χ4n) is 4.72. The number of H-pyrrole nitrogens is 1. The van der Waals surface area contributed by atoms with Crippen LogP contribution in [0.2, 0.25) is 0 Å². The van der Waals surface area contributed by atoms with Crippen molar-refractivity contribution >= 4 is 34.4 Å². The monoisotopic (exact) mass is 513 g/mol. The van der Waals surface area contributed by atoms with Crippen LogP contribution in [0.1, 0.15) is 17.2 Å². The number of carbonyl (C=O) groups excluding carboxylic acids is 2. The largest absolute Gasteiger partial charge is 0.507 e. The lowest BCUT2D eigenvalue weighted by Crippen LogP contribution is -2.30. The molecule has 6 rings (SSSR count). The Morgan fingerprint density at radius 2 is 1.66 bits per heavy atom. The smallest absolute Gasteiger partial charge is 0.302 e. The van der Waals surface area contributed by atoms with Crippen LogP contribution in [0.5, 0.6) is 23.0 Å². The number of anilines is 1. The number of aromatic amines is 1. The molecule has 2 aliphatic rings. The SMILES string of the molecule is COc1ccc(C2/C(=C(\O)c3ccc4c(c3)OCCO4)C(=O)C(=O)N2c2nc3ccc(OC)cc3[nH]2)cc1. The molecule has 10 nitrogen and oxygen atoms in total. The van der Waals surface area contributed by atoms with Crippen LogP contribution in [0.4, 0.5) is 5.95 Å². The summed E-state index contributed by atoms with van der Waals surface area (Å²) in [6, 6.07) is 16.1. The standard InChI is InChI=1S/C28H23N3O7/c1-35-17-6-3-15(4-7-17)24-23(25(32)16-5-10-21-22(13-16)38-12-11-37-21)26(33)27(34)31(24)28-29-19-9-8-18(36-2)14-20(19)30-28/h3-10,13-14,24,32H,11-12H2,1-2H3,(H,29,30)/b25-23+. The molecule has 1 unspecified atom stereocenters. The first-order valence-corrected chi connectivity index (χ1v) is 11.9. The normalized spacial score (nSPS) is 18.2. The number of imidazole rings is 1. The summed E-state index contributed by atoms with van der Waals surface area (Å²) in [6.07, 6.45) is 0. The summed E-state index contributed by atoms with van der Waals surface area (Å²) in [4.78, 5) is 35.9. The number of hydrogen-bond acceptors (Lipinski definition) is 8. The van der Waals surface area contributed by atoms with Crippen LogP contribution in [0, 0.1) is 0 Å². The molecule has 2 N–H and O–H groups in total. The molecule has 1 aromatic heterocycles. The van der Waals surface area contributed by atoms with Gasteiger partial charge in [0.25, 0.3) is 5.78 Å². The Bertz CT molecular complexity index is 1610. The van der Waals surface area contributed by atoms with Crippen LogP contribution in [0.25, 0.3) is 16.8 Å². The number of carbonyl (C=O) groups is 2. The van der Waals surface area contributed by atoms with Gasteiger partial charge in [-0.3, -0.25) is 14.5 Å². The average Bonchev–Trinajstić information content (AvgIpc) is 3.49. The second kappa shape index (κ2) is 9.15. The minimum absolute atomic E-state index is 0.0742. The zero-order chi connectivity index (χ0) is 26.4. The first-order valence-electron chi connectivity index (χ1n) is 11.9. The van der Waals surface area contributed by atoms with Gasteiger partial charge >= 0.3 is 5.91 Å². The third-order valence-electron chi connectivity index (χ3n) is 6.60. The summed E-state index contributed by atoms with van der Waals surface area (Å²) < 4.78 is 21.8. The number of ether oxygens (including phenoxy) is 4. The highest BCUT2D eigenvalue weighted by molar-refractivity contribution is 6.51. The molecule has 10 heteroatoms. The highest BCUT2D eigenvalue weighted by Gasteiger charge is 2.48. The Morgan fingerprint density at radius 1 is 0.947 bits per heavy atom. The second-order valence-corrected chi connectivity index (χ2v) is 8.74. The van der Waals surface area contributed by atoms with E-state index in [1.165, 1.54) is 4.90 Å². The average molecular weight is 514 g/mol. The van der Waals surface area contributed by atoms with E-state index in [1.54, 1.807) is 74.9 Å². The number of fused-ring (bicyclic) bond motifs is 2. The van der Waals surface area contributed by atoms with Crippen LogP contribution >= 0.6 is 0 Å². The number of ketones is 1. The number of amides is 1. The van der Waals surface area contributed by atoms with Gasteiger partial charge in [-0.05, 0) is 48.0 Å². The van der Waals surface area contributed by atoms with Gasteiger partial charge < -0.3 is 29.0 Å². The lowest BCUT2D eigenvalue weighted by molar-refractivity contribution is -0.132. The number of methoxy groups -OCH3 is 2. The van der Waals surface area contributed by atoms with Crippen molar-refractivity contribution in [1.82, 2.24) is 9.97 Å². The maximum atomic E-state index is 13.5. The zero-order valence-corrected chi connectivity index (χ0v) is 20.6. The van der Waals surface area contributed by atoms with Crippen molar-refractivity contribution in [3.05, 3.63) is 77.4 Å². The van der Waals surface area contributed by atoms with E-state index in [9.17, 15) is 14.7 Å². The molecule has 1 saturated heterocycles. The molecule has 0 radical (unpaired) electrons. The summed E-state index contributed by atoms with van der Waals surface area (Å²) in [6.45, 7) is 0.786. The van der Waals surface area contributed by atoms with Gasteiger partial charge in [-0.2, -0.15) is 0 Å². The summed E-state index contributed by atoms with van der Waals surface area (Å²) in [5.41, 5.74) is 2.04. The van der Waals surface area contributed by atoms with E-state index >= 15 is 0 Å². The number of aliphatic hydroxyl groups is 1. The van der Waals surface area contributed by atoms with Gasteiger partial charge in [0, 0.05) is 11.6 Å². The zero-order valence-electron chi connectivity index (χ0n) is 20.6. The Hall–Kier alpha value is -4.99. The molecule has 2 aliphatic heterocycles. The topological polar surface area (TPSA) is 123 Å². The summed E-state index contributed by atoms with van der Waals surface area (Å²) >= 11 is 0.